The Bertz CT molecular complexity index is 605. The zero-order valence-corrected chi connectivity index (χ0v) is 13.8. The van der Waals surface area contributed by atoms with Crippen LogP contribution in [-0.4, -0.2) is 42.4 Å². The average Bonchev–Trinajstić information content (AvgIpc) is 2.95. The Kier molecular flexibility index (Phi) is 3.90. The van der Waals surface area contributed by atoms with Crippen molar-refractivity contribution in [2.24, 2.45) is 0 Å². The minimum Gasteiger partial charge on any atom is -0.347 e. The lowest BCUT2D eigenvalue weighted by Gasteiger charge is -2.38. The number of amides is 1. The molecule has 0 bridgehead atoms. The van der Waals surface area contributed by atoms with Crippen LogP contribution in [0, 0.1) is 0 Å². The molecule has 2 heterocycles. The fourth-order valence-corrected chi connectivity index (χ4v) is 4.07. The molecule has 4 rings (SSSR count). The van der Waals surface area contributed by atoms with E-state index in [4.69, 9.17) is 9.47 Å². The highest BCUT2D eigenvalue weighted by molar-refractivity contribution is 5.94. The van der Waals surface area contributed by atoms with Gasteiger partial charge in [0.1, 0.15) is 0 Å². The van der Waals surface area contributed by atoms with Gasteiger partial charge in [0, 0.05) is 31.5 Å². The van der Waals surface area contributed by atoms with Crippen molar-refractivity contribution in [3.05, 3.63) is 34.9 Å². The lowest BCUT2D eigenvalue weighted by Crippen LogP contribution is -2.47. The Labute approximate surface area is 137 Å². The molecular formula is C19H25NO3. The number of piperidine rings is 1. The first-order chi connectivity index (χ1) is 11.2. The first-order valence-electron chi connectivity index (χ1n) is 8.88. The molecule has 4 nitrogen and oxygen atoms in total. The van der Waals surface area contributed by atoms with Crippen molar-refractivity contribution >= 4 is 5.91 Å². The van der Waals surface area contributed by atoms with E-state index >= 15 is 0 Å². The molecule has 0 saturated carbocycles. The van der Waals surface area contributed by atoms with Gasteiger partial charge in [-0.15, -0.1) is 0 Å². The number of carbonyl (C=O) groups is 1. The van der Waals surface area contributed by atoms with Gasteiger partial charge in [0.25, 0.3) is 5.91 Å². The number of likely N-dealkylation sites (tertiary alicyclic amines) is 1. The summed E-state index contributed by atoms with van der Waals surface area (Å²) in [4.78, 5) is 14.7. The summed E-state index contributed by atoms with van der Waals surface area (Å²) in [7, 11) is 0. The maximum Gasteiger partial charge on any atom is 0.253 e. The minimum absolute atomic E-state index is 0.152. The molecule has 1 aromatic rings. The van der Waals surface area contributed by atoms with Crippen LogP contribution in [0.2, 0.25) is 0 Å². The van der Waals surface area contributed by atoms with E-state index < -0.39 is 5.79 Å². The number of aryl methyl sites for hydroxylation is 2. The molecule has 124 valence electrons. The number of hydrogen-bond acceptors (Lipinski definition) is 3. The largest absolute Gasteiger partial charge is 0.347 e. The second kappa shape index (κ2) is 5.91. The Morgan fingerprint density at radius 1 is 1.17 bits per heavy atom. The maximum absolute atomic E-state index is 12.8. The van der Waals surface area contributed by atoms with Crippen molar-refractivity contribution in [3.63, 3.8) is 0 Å². The predicted octanol–water partition coefficient (Wildman–Crippen LogP) is 2.93. The SMILES string of the molecule is C[C@H]1COC2(CCN(C(=O)c3ccc4c(c3)CCCC4)CC2)O1. The molecule has 1 amide bonds. The van der Waals surface area contributed by atoms with E-state index in [9.17, 15) is 4.79 Å². The second-order valence-electron chi connectivity index (χ2n) is 7.13. The summed E-state index contributed by atoms with van der Waals surface area (Å²) in [5.41, 5.74) is 3.63. The van der Waals surface area contributed by atoms with Crippen molar-refractivity contribution in [3.8, 4) is 0 Å². The highest BCUT2D eigenvalue weighted by Crippen LogP contribution is 2.34. The lowest BCUT2D eigenvalue weighted by atomic mass is 9.90. The van der Waals surface area contributed by atoms with E-state index in [-0.39, 0.29) is 12.0 Å². The molecule has 0 aromatic heterocycles. The highest BCUT2D eigenvalue weighted by Gasteiger charge is 2.43. The molecule has 23 heavy (non-hydrogen) atoms. The number of hydrogen-bond donors (Lipinski definition) is 0. The van der Waals surface area contributed by atoms with Crippen molar-refractivity contribution in [1.82, 2.24) is 4.90 Å². The molecule has 2 fully saturated rings. The van der Waals surface area contributed by atoms with Crippen LogP contribution >= 0.6 is 0 Å². The zero-order valence-electron chi connectivity index (χ0n) is 13.8. The van der Waals surface area contributed by atoms with E-state index in [2.05, 4.69) is 12.1 Å². The third-order valence-corrected chi connectivity index (χ3v) is 5.40. The van der Waals surface area contributed by atoms with Crippen LogP contribution in [0.5, 0.6) is 0 Å². The van der Waals surface area contributed by atoms with Crippen molar-refractivity contribution in [2.75, 3.05) is 19.7 Å². The number of fused-ring (bicyclic) bond motifs is 1. The maximum atomic E-state index is 12.8. The topological polar surface area (TPSA) is 38.8 Å². The number of carbonyl (C=O) groups excluding carboxylic acids is 1. The second-order valence-corrected chi connectivity index (χ2v) is 7.13. The number of ether oxygens (including phenoxy) is 2. The number of nitrogens with zero attached hydrogens (tertiary/aromatic N) is 1. The minimum atomic E-state index is -0.438. The van der Waals surface area contributed by atoms with Gasteiger partial charge in [-0.2, -0.15) is 0 Å². The van der Waals surface area contributed by atoms with E-state index in [1.54, 1.807) is 0 Å². The Hall–Kier alpha value is -1.39. The van der Waals surface area contributed by atoms with Gasteiger partial charge in [-0.25, -0.2) is 0 Å². The molecule has 0 radical (unpaired) electrons. The Morgan fingerprint density at radius 3 is 2.61 bits per heavy atom. The van der Waals surface area contributed by atoms with Crippen LogP contribution in [0.3, 0.4) is 0 Å². The lowest BCUT2D eigenvalue weighted by molar-refractivity contribution is -0.189. The van der Waals surface area contributed by atoms with E-state index in [0.717, 1.165) is 31.2 Å². The van der Waals surface area contributed by atoms with Crippen molar-refractivity contribution in [2.45, 2.75) is 57.3 Å². The van der Waals surface area contributed by atoms with Gasteiger partial charge in [-0.1, -0.05) is 6.07 Å². The highest BCUT2D eigenvalue weighted by atomic mass is 16.7. The molecule has 3 aliphatic rings. The summed E-state index contributed by atoms with van der Waals surface area (Å²) in [5.74, 6) is -0.286. The third kappa shape index (κ3) is 2.90. The molecule has 1 spiro atoms. The smallest absolute Gasteiger partial charge is 0.253 e. The van der Waals surface area contributed by atoms with Crippen molar-refractivity contribution in [1.29, 1.82) is 0 Å². The molecular weight excluding hydrogens is 290 g/mol. The molecule has 1 aliphatic carbocycles. The van der Waals surface area contributed by atoms with Crippen LogP contribution in [0.1, 0.15) is 54.1 Å². The van der Waals surface area contributed by atoms with Gasteiger partial charge in [-0.05, 0) is 55.9 Å². The monoisotopic (exact) mass is 315 g/mol. The van der Waals surface area contributed by atoms with Gasteiger partial charge in [0.05, 0.1) is 12.7 Å². The van der Waals surface area contributed by atoms with Gasteiger partial charge < -0.3 is 14.4 Å². The summed E-state index contributed by atoms with van der Waals surface area (Å²) in [6.07, 6.45) is 6.48. The van der Waals surface area contributed by atoms with Gasteiger partial charge >= 0.3 is 0 Å². The summed E-state index contributed by atoms with van der Waals surface area (Å²) in [6, 6.07) is 6.27. The van der Waals surface area contributed by atoms with Crippen molar-refractivity contribution < 1.29 is 14.3 Å². The van der Waals surface area contributed by atoms with Gasteiger partial charge in [-0.3, -0.25) is 4.79 Å². The van der Waals surface area contributed by atoms with Crippen LogP contribution in [0.25, 0.3) is 0 Å². The fraction of sp³-hybridized carbons (Fsp3) is 0.632. The Morgan fingerprint density at radius 2 is 1.91 bits per heavy atom. The first kappa shape index (κ1) is 15.2. The molecule has 2 saturated heterocycles. The molecule has 4 heteroatoms. The quantitative estimate of drug-likeness (QED) is 0.800. The molecule has 1 atom stereocenters. The summed E-state index contributed by atoms with van der Waals surface area (Å²) >= 11 is 0. The normalized spacial score (nSPS) is 26.3. The third-order valence-electron chi connectivity index (χ3n) is 5.40. The van der Waals surface area contributed by atoms with E-state index in [0.29, 0.717) is 19.7 Å². The van der Waals surface area contributed by atoms with Crippen LogP contribution < -0.4 is 0 Å². The van der Waals surface area contributed by atoms with Gasteiger partial charge in [0.2, 0.25) is 0 Å². The summed E-state index contributed by atoms with van der Waals surface area (Å²) in [5, 5.41) is 0. The molecule has 0 N–H and O–H groups in total. The first-order valence-corrected chi connectivity index (χ1v) is 8.88. The molecule has 2 aliphatic heterocycles. The number of benzene rings is 1. The van der Waals surface area contributed by atoms with Crippen LogP contribution in [-0.2, 0) is 22.3 Å². The fourth-order valence-electron chi connectivity index (χ4n) is 4.07. The molecule has 0 unspecified atom stereocenters. The van der Waals surface area contributed by atoms with Crippen LogP contribution in [0.15, 0.2) is 18.2 Å². The van der Waals surface area contributed by atoms with Crippen LogP contribution in [0.4, 0.5) is 0 Å². The predicted molar refractivity (Wildman–Crippen MR) is 87.5 cm³/mol. The number of rotatable bonds is 1. The van der Waals surface area contributed by atoms with E-state index in [1.807, 2.05) is 17.9 Å². The van der Waals surface area contributed by atoms with E-state index in [1.165, 1.54) is 24.0 Å². The average molecular weight is 315 g/mol. The van der Waals surface area contributed by atoms with Gasteiger partial charge in [0.15, 0.2) is 5.79 Å². The zero-order chi connectivity index (χ0) is 15.9. The summed E-state index contributed by atoms with van der Waals surface area (Å²) in [6.45, 7) is 4.13. The Balaban J connectivity index is 1.44. The molecule has 1 aromatic carbocycles. The standard InChI is InChI=1S/C19H25NO3/c1-14-13-22-19(23-14)8-10-20(11-9-19)18(21)17-7-6-15-4-2-3-5-16(15)12-17/h6-7,12,14H,2-5,8-11,13H2,1H3/t14-/m0/s1. The summed E-state index contributed by atoms with van der Waals surface area (Å²) < 4.78 is 11.8.